The van der Waals surface area contributed by atoms with Gasteiger partial charge in [0.1, 0.15) is 0 Å². The van der Waals surface area contributed by atoms with Crippen LogP contribution in [-0.4, -0.2) is 9.13 Å². The highest BCUT2D eigenvalue weighted by Gasteiger charge is 2.10. The van der Waals surface area contributed by atoms with Gasteiger partial charge in [-0.25, -0.2) is 0 Å². The van der Waals surface area contributed by atoms with E-state index in [0.717, 1.165) is 35.1 Å². The molecule has 246 valence electrons. The molecule has 5 rings (SSSR count). The number of aryl methyl sites for hydroxylation is 6. The Morgan fingerprint density at radius 2 is 0.771 bits per heavy atom. The summed E-state index contributed by atoms with van der Waals surface area (Å²) in [6, 6.07) is 30.7. The van der Waals surface area contributed by atoms with Gasteiger partial charge in [-0.2, -0.15) is 0 Å². The molecule has 5 aromatic rings. The van der Waals surface area contributed by atoms with Gasteiger partial charge in [0.05, 0.1) is 0 Å². The Kier molecular flexibility index (Phi) is 12.2. The molecule has 0 radical (unpaired) electrons. The van der Waals surface area contributed by atoms with Gasteiger partial charge in [0.2, 0.25) is 0 Å². The van der Waals surface area contributed by atoms with Crippen molar-refractivity contribution in [3.05, 3.63) is 141 Å². The molecular formula is C46H52N2. The summed E-state index contributed by atoms with van der Waals surface area (Å²) >= 11 is 0. The van der Waals surface area contributed by atoms with Gasteiger partial charge in [0.25, 0.3) is 0 Å². The van der Waals surface area contributed by atoms with E-state index in [1.54, 1.807) is 0 Å². The van der Waals surface area contributed by atoms with Crippen molar-refractivity contribution in [3.8, 4) is 35.1 Å². The molecule has 2 heterocycles. The number of hydrogen-bond donors (Lipinski definition) is 0. The van der Waals surface area contributed by atoms with Gasteiger partial charge in [-0.3, -0.25) is 0 Å². The Bertz CT molecular complexity index is 1740. The average Bonchev–Trinajstić information content (AvgIpc) is 3.62. The van der Waals surface area contributed by atoms with Crippen LogP contribution in [0.5, 0.6) is 0 Å². The molecule has 0 atom stereocenters. The molecule has 0 unspecified atom stereocenters. The Morgan fingerprint density at radius 1 is 0.417 bits per heavy atom. The molecule has 0 amide bonds. The molecule has 0 aliphatic rings. The van der Waals surface area contributed by atoms with Crippen molar-refractivity contribution in [2.75, 3.05) is 0 Å². The highest BCUT2D eigenvalue weighted by atomic mass is 15.0. The summed E-state index contributed by atoms with van der Waals surface area (Å²) in [7, 11) is 0. The predicted octanol–water partition coefficient (Wildman–Crippen LogP) is 11.5. The minimum Gasteiger partial charge on any atom is -0.319 e. The third-order valence-electron chi connectivity index (χ3n) is 9.40. The van der Waals surface area contributed by atoms with Gasteiger partial charge < -0.3 is 9.13 Å². The summed E-state index contributed by atoms with van der Waals surface area (Å²) in [5.41, 5.74) is 14.4. The Labute approximate surface area is 290 Å². The molecule has 0 bridgehead atoms. The maximum atomic E-state index is 3.61. The second-order valence-electron chi connectivity index (χ2n) is 13.3. The Balaban J connectivity index is 1.47. The van der Waals surface area contributed by atoms with Crippen LogP contribution in [0.25, 0.3) is 11.4 Å². The summed E-state index contributed by atoms with van der Waals surface area (Å²) in [6.07, 6.45) is 11.9. The zero-order valence-corrected chi connectivity index (χ0v) is 30.0. The number of nitrogens with zero attached hydrogens (tertiary/aromatic N) is 2. The van der Waals surface area contributed by atoms with E-state index in [2.05, 4.69) is 159 Å². The third kappa shape index (κ3) is 8.82. The van der Waals surface area contributed by atoms with Crippen molar-refractivity contribution in [2.45, 2.75) is 106 Å². The summed E-state index contributed by atoms with van der Waals surface area (Å²) in [4.78, 5) is 0. The maximum absolute atomic E-state index is 3.61. The zero-order valence-electron chi connectivity index (χ0n) is 30.0. The smallest absolute Gasteiger partial charge is 0.0455 e. The molecule has 0 N–H and O–H groups in total. The van der Waals surface area contributed by atoms with E-state index in [-0.39, 0.29) is 0 Å². The highest BCUT2D eigenvalue weighted by Crippen LogP contribution is 2.23. The largest absolute Gasteiger partial charge is 0.319 e. The molecule has 48 heavy (non-hydrogen) atoms. The van der Waals surface area contributed by atoms with Crippen LogP contribution in [0.3, 0.4) is 0 Å². The van der Waals surface area contributed by atoms with Crippen LogP contribution >= 0.6 is 0 Å². The third-order valence-corrected chi connectivity index (χ3v) is 9.40. The van der Waals surface area contributed by atoms with E-state index in [1.165, 1.54) is 96.6 Å². The molecule has 0 fully saturated rings. The van der Waals surface area contributed by atoms with E-state index < -0.39 is 0 Å². The van der Waals surface area contributed by atoms with Crippen molar-refractivity contribution in [1.82, 2.24) is 9.13 Å². The van der Waals surface area contributed by atoms with Gasteiger partial charge in [-0.1, -0.05) is 76.1 Å². The van der Waals surface area contributed by atoms with Crippen LogP contribution in [0.2, 0.25) is 0 Å². The second-order valence-corrected chi connectivity index (χ2v) is 13.3. The number of unbranched alkanes of at least 4 members (excludes halogenated alkanes) is 6. The Hall–Kier alpha value is -4.66. The summed E-state index contributed by atoms with van der Waals surface area (Å²) in [5.74, 6) is 14.2. The van der Waals surface area contributed by atoms with Crippen LogP contribution in [0.15, 0.2) is 84.9 Å². The monoisotopic (exact) mass is 632 g/mol. The lowest BCUT2D eigenvalue weighted by Crippen LogP contribution is -2.00. The summed E-state index contributed by atoms with van der Waals surface area (Å²) in [6.45, 7) is 13.2. The van der Waals surface area contributed by atoms with Crippen LogP contribution in [0.1, 0.15) is 121 Å². The second kappa shape index (κ2) is 16.9. The van der Waals surface area contributed by atoms with Crippen molar-refractivity contribution in [1.29, 1.82) is 0 Å². The molecule has 0 aliphatic carbocycles. The van der Waals surface area contributed by atoms with E-state index in [9.17, 15) is 0 Å². The lowest BCUT2D eigenvalue weighted by molar-refractivity contribution is 0.662. The molecule has 2 aromatic heterocycles. The van der Waals surface area contributed by atoms with Gasteiger partial charge in [-0.05, 0) is 149 Å². The van der Waals surface area contributed by atoms with Gasteiger partial charge in [-0.15, -0.1) is 0 Å². The fourth-order valence-electron chi connectivity index (χ4n) is 6.64. The van der Waals surface area contributed by atoms with Crippen LogP contribution in [0, 0.1) is 51.4 Å². The molecule has 0 spiro atoms. The van der Waals surface area contributed by atoms with Crippen LogP contribution in [0.4, 0.5) is 0 Å². The summed E-state index contributed by atoms with van der Waals surface area (Å²) < 4.78 is 4.57. The van der Waals surface area contributed by atoms with Crippen LogP contribution in [-0.2, 0) is 12.8 Å². The predicted molar refractivity (Wildman–Crippen MR) is 205 cm³/mol. The standard InChI is InChI=1S/C46H52N2/c1-7-9-11-13-15-41-33-44(28-22-40-25-31-46(32-26-40)48-37(5)19-20-38(48)6)42(16-14-12-10-8-2)34-43(41)27-21-39-23-29-45(30-24-39)47-35(3)17-18-36(47)4/h17-20,23-26,29-34H,7-16H2,1-6H3. The molecule has 3 aromatic carbocycles. The van der Waals surface area contributed by atoms with E-state index in [1.807, 2.05) is 0 Å². The average molecular weight is 633 g/mol. The van der Waals surface area contributed by atoms with Crippen LogP contribution < -0.4 is 0 Å². The molecular weight excluding hydrogens is 581 g/mol. The first kappa shape index (κ1) is 34.7. The summed E-state index contributed by atoms with van der Waals surface area (Å²) in [5, 5.41) is 0. The lowest BCUT2D eigenvalue weighted by Gasteiger charge is -2.12. The van der Waals surface area contributed by atoms with Gasteiger partial charge >= 0.3 is 0 Å². The Morgan fingerprint density at radius 3 is 1.10 bits per heavy atom. The molecule has 2 heteroatoms. The highest BCUT2D eigenvalue weighted by molar-refractivity contribution is 5.56. The van der Waals surface area contributed by atoms with Gasteiger partial charge in [0, 0.05) is 56.4 Å². The zero-order chi connectivity index (χ0) is 33.9. The molecule has 2 nitrogen and oxygen atoms in total. The van der Waals surface area contributed by atoms with Crippen molar-refractivity contribution in [3.63, 3.8) is 0 Å². The van der Waals surface area contributed by atoms with Crippen molar-refractivity contribution in [2.24, 2.45) is 0 Å². The molecule has 0 saturated carbocycles. The van der Waals surface area contributed by atoms with Crippen molar-refractivity contribution >= 4 is 0 Å². The van der Waals surface area contributed by atoms with E-state index in [0.29, 0.717) is 0 Å². The first-order chi connectivity index (χ1) is 23.4. The van der Waals surface area contributed by atoms with E-state index in [4.69, 9.17) is 0 Å². The maximum Gasteiger partial charge on any atom is 0.0455 e. The number of rotatable bonds is 12. The number of hydrogen-bond acceptors (Lipinski definition) is 0. The lowest BCUT2D eigenvalue weighted by atomic mass is 9.92. The minimum absolute atomic E-state index is 1.03. The molecule has 0 aliphatic heterocycles. The fourth-order valence-corrected chi connectivity index (χ4v) is 6.64. The normalized spacial score (nSPS) is 10.8. The topological polar surface area (TPSA) is 9.86 Å². The number of aromatic nitrogens is 2. The minimum atomic E-state index is 1.03. The van der Waals surface area contributed by atoms with Crippen molar-refractivity contribution < 1.29 is 0 Å². The fraction of sp³-hybridized carbons (Fsp3) is 0.348. The van der Waals surface area contributed by atoms with E-state index >= 15 is 0 Å². The first-order valence-corrected chi connectivity index (χ1v) is 18.1. The quantitative estimate of drug-likeness (QED) is 0.0957. The molecule has 0 saturated heterocycles. The SMILES string of the molecule is CCCCCCc1cc(C#Cc2ccc(-n3c(C)ccc3C)cc2)c(CCCCCC)cc1C#Cc1ccc(-n2c(C)ccc2C)cc1. The van der Waals surface area contributed by atoms with Gasteiger partial charge in [0.15, 0.2) is 0 Å². The first-order valence-electron chi connectivity index (χ1n) is 18.1. The number of benzene rings is 3.